The molecule has 0 fully saturated rings. The van der Waals surface area contributed by atoms with Crippen molar-refractivity contribution in [2.45, 2.75) is 39.7 Å². The number of benzene rings is 1. The number of carbonyl (C=O) groups is 2. The summed E-state index contributed by atoms with van der Waals surface area (Å²) in [5.74, 6) is -1.33. The van der Waals surface area contributed by atoms with E-state index in [0.29, 0.717) is 5.56 Å². The summed E-state index contributed by atoms with van der Waals surface area (Å²) < 4.78 is 10.6. The van der Waals surface area contributed by atoms with Crippen LogP contribution in [-0.4, -0.2) is 18.5 Å². The first-order valence-electron chi connectivity index (χ1n) is 9.14. The molecule has 0 saturated heterocycles. The zero-order chi connectivity index (χ0) is 20.7. The SMILES string of the molecule is CCOC(=O)c1sc(N)c(C#N)c1COC(=O)[C@@H](c1ccccc1)[C@@H](C)CC. The van der Waals surface area contributed by atoms with Crippen LogP contribution in [0.3, 0.4) is 0 Å². The molecule has 0 aliphatic rings. The summed E-state index contributed by atoms with van der Waals surface area (Å²) in [7, 11) is 0. The van der Waals surface area contributed by atoms with Gasteiger partial charge >= 0.3 is 11.9 Å². The Hall–Kier alpha value is -2.85. The number of thiophene rings is 1. The van der Waals surface area contributed by atoms with Crippen molar-refractivity contribution in [1.29, 1.82) is 5.26 Å². The van der Waals surface area contributed by atoms with Gasteiger partial charge in [0.05, 0.1) is 18.1 Å². The number of esters is 2. The molecule has 1 aromatic heterocycles. The first-order chi connectivity index (χ1) is 13.4. The lowest BCUT2D eigenvalue weighted by Crippen LogP contribution is -2.22. The minimum atomic E-state index is -0.576. The summed E-state index contributed by atoms with van der Waals surface area (Å²) in [6, 6.07) is 11.4. The molecule has 0 aliphatic carbocycles. The van der Waals surface area contributed by atoms with Crippen LogP contribution in [0.1, 0.15) is 59.5 Å². The second kappa shape index (κ2) is 9.90. The zero-order valence-corrected chi connectivity index (χ0v) is 17.0. The van der Waals surface area contributed by atoms with Gasteiger partial charge in [-0.3, -0.25) is 4.79 Å². The van der Waals surface area contributed by atoms with Crippen molar-refractivity contribution in [2.24, 2.45) is 5.92 Å². The van der Waals surface area contributed by atoms with E-state index in [4.69, 9.17) is 15.2 Å². The third-order valence-corrected chi connectivity index (χ3v) is 5.63. The van der Waals surface area contributed by atoms with E-state index in [-0.39, 0.29) is 34.6 Å². The molecular formula is C21H24N2O4S. The average molecular weight is 401 g/mol. The Labute approximate surface area is 168 Å². The fourth-order valence-electron chi connectivity index (χ4n) is 2.93. The predicted molar refractivity (Wildman–Crippen MR) is 108 cm³/mol. The van der Waals surface area contributed by atoms with Crippen LogP contribution in [0.25, 0.3) is 0 Å². The molecule has 6 nitrogen and oxygen atoms in total. The molecule has 0 saturated carbocycles. The van der Waals surface area contributed by atoms with Crippen molar-refractivity contribution in [1.82, 2.24) is 0 Å². The molecule has 7 heteroatoms. The number of nitriles is 1. The largest absolute Gasteiger partial charge is 0.462 e. The Morgan fingerprint density at radius 2 is 1.89 bits per heavy atom. The first-order valence-corrected chi connectivity index (χ1v) is 9.96. The highest BCUT2D eigenvalue weighted by Gasteiger charge is 2.29. The Morgan fingerprint density at radius 1 is 1.21 bits per heavy atom. The molecule has 0 amide bonds. The molecule has 2 atom stereocenters. The van der Waals surface area contributed by atoms with Gasteiger partial charge in [0.2, 0.25) is 0 Å². The van der Waals surface area contributed by atoms with E-state index in [9.17, 15) is 14.9 Å². The Morgan fingerprint density at radius 3 is 2.46 bits per heavy atom. The smallest absolute Gasteiger partial charge is 0.348 e. The van der Waals surface area contributed by atoms with Crippen molar-refractivity contribution in [3.8, 4) is 6.07 Å². The van der Waals surface area contributed by atoms with Crippen LogP contribution >= 0.6 is 11.3 Å². The Kier molecular flexibility index (Phi) is 7.59. The highest BCUT2D eigenvalue weighted by atomic mass is 32.1. The van der Waals surface area contributed by atoms with Crippen LogP contribution in [0.4, 0.5) is 5.00 Å². The van der Waals surface area contributed by atoms with E-state index in [1.807, 2.05) is 50.2 Å². The molecule has 0 bridgehead atoms. The minimum Gasteiger partial charge on any atom is -0.462 e. The van der Waals surface area contributed by atoms with Gasteiger partial charge in [-0.1, -0.05) is 50.6 Å². The van der Waals surface area contributed by atoms with Gasteiger partial charge in [-0.15, -0.1) is 11.3 Å². The van der Waals surface area contributed by atoms with Crippen molar-refractivity contribution in [3.05, 3.63) is 51.9 Å². The van der Waals surface area contributed by atoms with Crippen molar-refractivity contribution < 1.29 is 19.1 Å². The number of hydrogen-bond acceptors (Lipinski definition) is 7. The van der Waals surface area contributed by atoms with E-state index < -0.39 is 17.9 Å². The zero-order valence-electron chi connectivity index (χ0n) is 16.2. The van der Waals surface area contributed by atoms with Gasteiger partial charge in [0, 0.05) is 5.56 Å². The molecule has 1 heterocycles. The minimum absolute atomic E-state index is 0.0717. The molecule has 2 aromatic rings. The van der Waals surface area contributed by atoms with Crippen molar-refractivity contribution in [3.63, 3.8) is 0 Å². The number of nitrogens with zero attached hydrogens (tertiary/aromatic N) is 1. The molecular weight excluding hydrogens is 376 g/mol. The summed E-state index contributed by atoms with van der Waals surface area (Å²) in [4.78, 5) is 25.3. The molecule has 0 radical (unpaired) electrons. The van der Waals surface area contributed by atoms with Crippen LogP contribution in [0.15, 0.2) is 30.3 Å². The Bertz CT molecular complexity index is 871. The third-order valence-electron chi connectivity index (χ3n) is 4.59. The second-order valence-electron chi connectivity index (χ2n) is 6.36. The maximum atomic E-state index is 12.9. The fraction of sp³-hybridized carbons (Fsp3) is 0.381. The lowest BCUT2D eigenvalue weighted by atomic mass is 9.85. The average Bonchev–Trinajstić information content (AvgIpc) is 3.02. The summed E-state index contributed by atoms with van der Waals surface area (Å²) >= 11 is 0.970. The molecule has 2 N–H and O–H groups in total. The van der Waals surface area contributed by atoms with Crippen LogP contribution < -0.4 is 5.73 Å². The van der Waals surface area contributed by atoms with E-state index >= 15 is 0 Å². The lowest BCUT2D eigenvalue weighted by molar-refractivity contribution is -0.148. The molecule has 2 rings (SSSR count). The molecule has 28 heavy (non-hydrogen) atoms. The molecule has 0 spiro atoms. The number of nitrogens with two attached hydrogens (primary N) is 1. The van der Waals surface area contributed by atoms with E-state index in [1.165, 1.54) is 0 Å². The van der Waals surface area contributed by atoms with Gasteiger partial charge in [0.1, 0.15) is 22.6 Å². The van der Waals surface area contributed by atoms with Crippen LogP contribution in [0.5, 0.6) is 0 Å². The fourth-order valence-corrected chi connectivity index (χ4v) is 3.85. The maximum absolute atomic E-state index is 12.9. The highest BCUT2D eigenvalue weighted by molar-refractivity contribution is 7.18. The summed E-state index contributed by atoms with van der Waals surface area (Å²) in [6.07, 6.45) is 0.803. The third kappa shape index (κ3) is 4.70. The monoisotopic (exact) mass is 400 g/mol. The quantitative estimate of drug-likeness (QED) is 0.665. The lowest BCUT2D eigenvalue weighted by Gasteiger charge is -2.22. The van der Waals surface area contributed by atoms with Gasteiger partial charge in [0.15, 0.2) is 0 Å². The number of nitrogen functional groups attached to an aromatic ring is 1. The highest BCUT2D eigenvalue weighted by Crippen LogP contribution is 2.33. The Balaban J connectivity index is 2.28. The predicted octanol–water partition coefficient (Wildman–Crippen LogP) is 4.25. The number of hydrogen-bond donors (Lipinski definition) is 1. The van der Waals surface area contributed by atoms with Gasteiger partial charge in [0.25, 0.3) is 0 Å². The number of ether oxygens (including phenoxy) is 2. The van der Waals surface area contributed by atoms with Crippen LogP contribution in [0, 0.1) is 17.2 Å². The summed E-state index contributed by atoms with van der Waals surface area (Å²) in [5, 5.41) is 9.59. The molecule has 1 aromatic carbocycles. The van der Waals surface area contributed by atoms with Gasteiger partial charge in [-0.25, -0.2) is 4.79 Å². The van der Waals surface area contributed by atoms with Gasteiger partial charge in [-0.05, 0) is 18.4 Å². The van der Waals surface area contributed by atoms with Gasteiger partial charge in [-0.2, -0.15) is 5.26 Å². The van der Waals surface area contributed by atoms with E-state index in [0.717, 1.165) is 23.3 Å². The van der Waals surface area contributed by atoms with Crippen molar-refractivity contribution >= 4 is 28.3 Å². The topological polar surface area (TPSA) is 102 Å². The van der Waals surface area contributed by atoms with Gasteiger partial charge < -0.3 is 15.2 Å². The van der Waals surface area contributed by atoms with Crippen molar-refractivity contribution in [2.75, 3.05) is 12.3 Å². The maximum Gasteiger partial charge on any atom is 0.348 e. The number of anilines is 1. The van der Waals surface area contributed by atoms with Crippen LogP contribution in [0.2, 0.25) is 0 Å². The van der Waals surface area contributed by atoms with Crippen LogP contribution in [-0.2, 0) is 20.9 Å². The molecule has 0 aliphatic heterocycles. The standard InChI is InChI=1S/C21H24N2O4S/c1-4-13(3)17(14-9-7-6-8-10-14)20(24)27-12-16-15(11-22)19(23)28-18(16)21(25)26-5-2/h6-10,13,17H,4-5,12,23H2,1-3H3/t13-,17+/m0/s1. The summed E-state index contributed by atoms with van der Waals surface area (Å²) in [5.41, 5.74) is 7.19. The summed E-state index contributed by atoms with van der Waals surface area (Å²) in [6.45, 7) is 5.69. The molecule has 148 valence electrons. The first kappa shape index (κ1) is 21.5. The normalized spacial score (nSPS) is 12.6. The number of rotatable bonds is 8. The van der Waals surface area contributed by atoms with E-state index in [1.54, 1.807) is 6.92 Å². The van der Waals surface area contributed by atoms with E-state index in [2.05, 4.69) is 0 Å². The molecule has 0 unspecified atom stereocenters. The second-order valence-corrected chi connectivity index (χ2v) is 7.42. The number of carbonyl (C=O) groups excluding carboxylic acids is 2.